The monoisotopic (exact) mass is 294 g/mol. The number of carbonyl (C=O) groups is 1. The fourth-order valence-corrected chi connectivity index (χ4v) is 2.39. The second-order valence-corrected chi connectivity index (χ2v) is 5.51. The van der Waals surface area contributed by atoms with Crippen molar-refractivity contribution in [3.63, 3.8) is 0 Å². The van der Waals surface area contributed by atoms with E-state index < -0.39 is 0 Å². The van der Waals surface area contributed by atoms with E-state index in [2.05, 4.69) is 4.98 Å². The molecule has 0 aliphatic carbocycles. The summed E-state index contributed by atoms with van der Waals surface area (Å²) in [5, 5.41) is 0. The molecule has 0 N–H and O–H groups in total. The van der Waals surface area contributed by atoms with Crippen LogP contribution in [0.5, 0.6) is 0 Å². The van der Waals surface area contributed by atoms with Gasteiger partial charge in [-0.15, -0.1) is 0 Å². The van der Waals surface area contributed by atoms with Crippen molar-refractivity contribution < 1.29 is 9.21 Å². The van der Waals surface area contributed by atoms with Crippen molar-refractivity contribution in [1.82, 2.24) is 9.88 Å². The lowest BCUT2D eigenvalue weighted by molar-refractivity contribution is 0.0660. The van der Waals surface area contributed by atoms with E-state index in [1.54, 1.807) is 23.2 Å². The van der Waals surface area contributed by atoms with Crippen molar-refractivity contribution in [2.24, 2.45) is 0 Å². The summed E-state index contributed by atoms with van der Waals surface area (Å²) in [4.78, 5) is 18.8. The lowest BCUT2D eigenvalue weighted by atomic mass is 10.2. The number of rotatable bonds is 4. The van der Waals surface area contributed by atoms with Gasteiger partial charge in [0.05, 0.1) is 0 Å². The minimum absolute atomic E-state index is 0.0777. The lowest BCUT2D eigenvalue weighted by Crippen LogP contribution is -2.36. The first-order valence-corrected chi connectivity index (χ1v) is 7.34. The van der Waals surface area contributed by atoms with Gasteiger partial charge in [-0.25, -0.2) is 0 Å². The molecule has 1 amide bonds. The van der Waals surface area contributed by atoms with Gasteiger partial charge in [-0.3, -0.25) is 9.78 Å². The molecule has 112 valence electrons. The summed E-state index contributed by atoms with van der Waals surface area (Å²) in [6.07, 6.45) is 1.69. The molecule has 3 rings (SSSR count). The van der Waals surface area contributed by atoms with Crippen LogP contribution in [0.4, 0.5) is 0 Å². The van der Waals surface area contributed by atoms with Crippen LogP contribution in [0, 0.1) is 0 Å². The Bertz CT molecular complexity index is 745. The number of furan rings is 1. The SMILES string of the molecule is CC(C)N(Cc1ccccc1)C(=O)c1cc2ncccc2o1. The van der Waals surface area contributed by atoms with Crippen LogP contribution >= 0.6 is 0 Å². The predicted octanol–water partition coefficient (Wildman–Crippen LogP) is 3.88. The molecule has 0 saturated carbocycles. The number of aromatic nitrogens is 1. The molecule has 0 unspecified atom stereocenters. The van der Waals surface area contributed by atoms with E-state index in [1.165, 1.54) is 0 Å². The fourth-order valence-electron chi connectivity index (χ4n) is 2.39. The summed E-state index contributed by atoms with van der Waals surface area (Å²) in [6.45, 7) is 4.56. The summed E-state index contributed by atoms with van der Waals surface area (Å²) in [5.41, 5.74) is 2.43. The molecule has 2 aromatic heterocycles. The van der Waals surface area contributed by atoms with E-state index in [-0.39, 0.29) is 11.9 Å². The van der Waals surface area contributed by atoms with E-state index in [9.17, 15) is 4.79 Å². The van der Waals surface area contributed by atoms with Gasteiger partial charge in [0, 0.05) is 24.8 Å². The minimum Gasteiger partial charge on any atom is -0.449 e. The highest BCUT2D eigenvalue weighted by Gasteiger charge is 2.22. The number of carbonyl (C=O) groups excluding carboxylic acids is 1. The first-order valence-electron chi connectivity index (χ1n) is 7.34. The number of fused-ring (bicyclic) bond motifs is 1. The Labute approximate surface area is 129 Å². The van der Waals surface area contributed by atoms with Crippen molar-refractivity contribution in [3.05, 3.63) is 66.1 Å². The summed E-state index contributed by atoms with van der Waals surface area (Å²) in [7, 11) is 0. The Morgan fingerprint density at radius 3 is 2.64 bits per heavy atom. The molecule has 3 aromatic rings. The van der Waals surface area contributed by atoms with Crippen LogP contribution < -0.4 is 0 Å². The van der Waals surface area contributed by atoms with Crippen molar-refractivity contribution in [2.75, 3.05) is 0 Å². The average molecular weight is 294 g/mol. The third kappa shape index (κ3) is 2.86. The van der Waals surface area contributed by atoms with Crippen LogP contribution in [0.1, 0.15) is 30.0 Å². The van der Waals surface area contributed by atoms with Crippen molar-refractivity contribution in [2.45, 2.75) is 26.4 Å². The van der Waals surface area contributed by atoms with E-state index in [0.717, 1.165) is 5.56 Å². The number of benzene rings is 1. The highest BCUT2D eigenvalue weighted by Crippen LogP contribution is 2.20. The van der Waals surface area contributed by atoms with Crippen molar-refractivity contribution >= 4 is 17.0 Å². The molecule has 0 saturated heterocycles. The van der Waals surface area contributed by atoms with E-state index in [0.29, 0.717) is 23.4 Å². The smallest absolute Gasteiger partial charge is 0.290 e. The molecule has 4 nitrogen and oxygen atoms in total. The highest BCUT2D eigenvalue weighted by atomic mass is 16.3. The summed E-state index contributed by atoms with van der Waals surface area (Å²) < 4.78 is 5.64. The predicted molar refractivity (Wildman–Crippen MR) is 85.5 cm³/mol. The second-order valence-electron chi connectivity index (χ2n) is 5.51. The van der Waals surface area contributed by atoms with Crippen LogP contribution in [-0.2, 0) is 6.54 Å². The van der Waals surface area contributed by atoms with Gasteiger partial charge in [-0.1, -0.05) is 30.3 Å². The number of pyridine rings is 1. The van der Waals surface area contributed by atoms with Gasteiger partial charge in [-0.2, -0.15) is 0 Å². The quantitative estimate of drug-likeness (QED) is 0.733. The van der Waals surface area contributed by atoms with E-state index in [4.69, 9.17) is 4.42 Å². The van der Waals surface area contributed by atoms with Crippen LogP contribution in [-0.4, -0.2) is 21.8 Å². The maximum absolute atomic E-state index is 12.8. The van der Waals surface area contributed by atoms with Crippen LogP contribution in [0.15, 0.2) is 59.1 Å². The first kappa shape index (κ1) is 14.3. The molecular weight excluding hydrogens is 276 g/mol. The molecule has 0 bridgehead atoms. The largest absolute Gasteiger partial charge is 0.449 e. The van der Waals surface area contributed by atoms with Gasteiger partial charge in [0.1, 0.15) is 5.52 Å². The third-order valence-electron chi connectivity index (χ3n) is 3.58. The molecule has 22 heavy (non-hydrogen) atoms. The molecule has 0 aliphatic heterocycles. The molecule has 0 radical (unpaired) electrons. The second kappa shape index (κ2) is 6.02. The molecule has 1 aromatic carbocycles. The standard InChI is InChI=1S/C18H18N2O2/c1-13(2)20(12-14-7-4-3-5-8-14)18(21)17-11-15-16(22-17)9-6-10-19-15/h3-11,13H,12H2,1-2H3. The molecule has 0 atom stereocenters. The summed E-state index contributed by atoms with van der Waals surface area (Å²) >= 11 is 0. The number of amides is 1. The maximum Gasteiger partial charge on any atom is 0.290 e. The van der Waals surface area contributed by atoms with Gasteiger partial charge in [0.2, 0.25) is 0 Å². The van der Waals surface area contributed by atoms with Gasteiger partial charge in [0.15, 0.2) is 11.3 Å². The zero-order valence-corrected chi connectivity index (χ0v) is 12.7. The highest BCUT2D eigenvalue weighted by molar-refractivity contribution is 5.95. The molecule has 0 fully saturated rings. The zero-order valence-electron chi connectivity index (χ0n) is 12.7. The van der Waals surface area contributed by atoms with Gasteiger partial charge in [0.25, 0.3) is 5.91 Å². The summed E-state index contributed by atoms with van der Waals surface area (Å²) in [6, 6.07) is 15.3. The lowest BCUT2D eigenvalue weighted by Gasteiger charge is -2.25. The third-order valence-corrected chi connectivity index (χ3v) is 3.58. The average Bonchev–Trinajstić information content (AvgIpc) is 2.97. The Hall–Kier alpha value is -2.62. The van der Waals surface area contributed by atoms with Gasteiger partial charge in [-0.05, 0) is 31.5 Å². The van der Waals surface area contributed by atoms with Crippen LogP contribution in [0.3, 0.4) is 0 Å². The molecule has 2 heterocycles. The Kier molecular flexibility index (Phi) is 3.92. The Balaban J connectivity index is 1.89. The van der Waals surface area contributed by atoms with Gasteiger partial charge >= 0.3 is 0 Å². The Morgan fingerprint density at radius 1 is 1.18 bits per heavy atom. The molecule has 4 heteroatoms. The molecular formula is C18H18N2O2. The maximum atomic E-state index is 12.8. The van der Waals surface area contributed by atoms with Gasteiger partial charge < -0.3 is 9.32 Å². The van der Waals surface area contributed by atoms with Crippen molar-refractivity contribution in [3.8, 4) is 0 Å². The van der Waals surface area contributed by atoms with Crippen molar-refractivity contribution in [1.29, 1.82) is 0 Å². The first-order chi connectivity index (χ1) is 10.6. The Morgan fingerprint density at radius 2 is 1.95 bits per heavy atom. The minimum atomic E-state index is -0.114. The normalized spacial score (nSPS) is 11.0. The van der Waals surface area contributed by atoms with Crippen LogP contribution in [0.25, 0.3) is 11.1 Å². The summed E-state index contributed by atoms with van der Waals surface area (Å²) in [5.74, 6) is 0.218. The zero-order chi connectivity index (χ0) is 15.5. The number of hydrogen-bond acceptors (Lipinski definition) is 3. The fraction of sp³-hybridized carbons (Fsp3) is 0.222. The van der Waals surface area contributed by atoms with E-state index >= 15 is 0 Å². The number of hydrogen-bond donors (Lipinski definition) is 0. The molecule has 0 aliphatic rings. The van der Waals surface area contributed by atoms with E-state index in [1.807, 2.05) is 50.2 Å². The topological polar surface area (TPSA) is 46.3 Å². The molecule has 0 spiro atoms. The van der Waals surface area contributed by atoms with Crippen LogP contribution in [0.2, 0.25) is 0 Å². The number of nitrogens with zero attached hydrogens (tertiary/aromatic N) is 2.